The summed E-state index contributed by atoms with van der Waals surface area (Å²) in [4.78, 5) is 28.8. The van der Waals surface area contributed by atoms with Crippen molar-refractivity contribution in [3.8, 4) is 0 Å². The molecule has 198 valence electrons. The summed E-state index contributed by atoms with van der Waals surface area (Å²) in [5, 5.41) is 16.3. The molecule has 7 aromatic rings. The van der Waals surface area contributed by atoms with Gasteiger partial charge >= 0.3 is 0 Å². The second-order valence-corrected chi connectivity index (χ2v) is 23.9. The Morgan fingerprint density at radius 3 is 1.44 bits per heavy atom. The third-order valence-electron chi connectivity index (χ3n) is 9.36. The number of aromatic nitrogens is 1. The van der Waals surface area contributed by atoms with Gasteiger partial charge in [-0.1, -0.05) is 106 Å². The van der Waals surface area contributed by atoms with Crippen LogP contribution in [0.25, 0.3) is 64.6 Å². The summed E-state index contributed by atoms with van der Waals surface area (Å²) >= 11 is 0. The first-order chi connectivity index (χ1) is 18.4. The fourth-order valence-corrected chi connectivity index (χ4v) is 10.8. The van der Waals surface area contributed by atoms with E-state index >= 15 is 0 Å². The van der Waals surface area contributed by atoms with E-state index in [0.717, 1.165) is 30.0 Å². The molecule has 0 fully saturated rings. The Hall–Kier alpha value is -3.03. The molecule has 1 heterocycles. The van der Waals surface area contributed by atoms with Gasteiger partial charge in [0.05, 0.1) is 26.9 Å². The van der Waals surface area contributed by atoms with Gasteiger partial charge in [-0.2, -0.15) is 0 Å². The molecule has 39 heavy (non-hydrogen) atoms. The van der Waals surface area contributed by atoms with Gasteiger partial charge in [0.2, 0.25) is 0 Å². The number of hydrogen-bond acceptors (Lipinski definition) is 2. The fraction of sp³-hybridized carbons (Fsp3) is 0.353. The van der Waals surface area contributed by atoms with Gasteiger partial charge in [0.15, 0.2) is 0 Å². The maximum absolute atomic E-state index is 14.4. The standard InChI is InChI=1S/C34H37NO2Si2/c1-9-11-19(10-2)35-33(36)31-22-16-24(38(3,4)5)20-14-12-18-13-15-21-25(39(6,7)8)17-23(32(31)34(35)37)30-28(21)26(18)27(20)29(22)30/h12-17,19H,9-11H2,1-8H3. The molecular formula is C34H37NO2Si2. The Morgan fingerprint density at radius 1 is 0.615 bits per heavy atom. The van der Waals surface area contributed by atoms with Crippen molar-refractivity contribution in [1.82, 2.24) is 4.57 Å². The van der Waals surface area contributed by atoms with Crippen LogP contribution in [-0.2, 0) is 0 Å². The lowest BCUT2D eigenvalue weighted by atomic mass is 9.95. The Kier molecular flexibility index (Phi) is 4.99. The molecule has 7 rings (SSSR count). The van der Waals surface area contributed by atoms with Crippen LogP contribution >= 0.6 is 0 Å². The summed E-state index contributed by atoms with van der Waals surface area (Å²) in [6.07, 6.45) is 2.57. The van der Waals surface area contributed by atoms with E-state index in [9.17, 15) is 9.59 Å². The van der Waals surface area contributed by atoms with Gasteiger partial charge in [0, 0.05) is 6.04 Å². The molecule has 0 radical (unpaired) electrons. The zero-order chi connectivity index (χ0) is 27.8. The molecule has 1 aromatic heterocycles. The smallest absolute Gasteiger partial charge is 0.262 e. The van der Waals surface area contributed by atoms with Crippen molar-refractivity contribution in [1.29, 1.82) is 0 Å². The third kappa shape index (κ3) is 3.03. The lowest BCUT2D eigenvalue weighted by molar-refractivity contribution is 0.433. The van der Waals surface area contributed by atoms with Gasteiger partial charge in [-0.05, 0) is 66.7 Å². The largest absolute Gasteiger partial charge is 0.271 e. The van der Waals surface area contributed by atoms with Crippen LogP contribution in [0.1, 0.15) is 39.2 Å². The van der Waals surface area contributed by atoms with Crippen LogP contribution in [0.4, 0.5) is 0 Å². The van der Waals surface area contributed by atoms with Gasteiger partial charge in [-0.15, -0.1) is 0 Å². The predicted octanol–water partition coefficient (Wildman–Crippen LogP) is 7.72. The van der Waals surface area contributed by atoms with Gasteiger partial charge < -0.3 is 0 Å². The van der Waals surface area contributed by atoms with Gasteiger partial charge in [-0.3, -0.25) is 14.2 Å². The van der Waals surface area contributed by atoms with E-state index in [1.165, 1.54) is 53.5 Å². The maximum Gasteiger partial charge on any atom is 0.262 e. The van der Waals surface area contributed by atoms with Crippen molar-refractivity contribution >= 4 is 91.2 Å². The summed E-state index contributed by atoms with van der Waals surface area (Å²) in [7, 11) is -3.57. The molecule has 0 saturated heterocycles. The normalized spacial score (nSPS) is 14.6. The lowest BCUT2D eigenvalue weighted by Crippen LogP contribution is -2.38. The van der Waals surface area contributed by atoms with E-state index in [0.29, 0.717) is 10.8 Å². The Bertz CT molecular complexity index is 2040. The quantitative estimate of drug-likeness (QED) is 0.158. The summed E-state index contributed by atoms with van der Waals surface area (Å²) in [6.45, 7) is 18.6. The van der Waals surface area contributed by atoms with Crippen molar-refractivity contribution in [3.05, 3.63) is 57.1 Å². The minimum Gasteiger partial charge on any atom is -0.271 e. The highest BCUT2D eigenvalue weighted by Gasteiger charge is 2.33. The maximum atomic E-state index is 14.4. The SMILES string of the molecule is CCCC(CC)n1c(=O)c2c3cc([Si](C)(C)C)c4ccc5ccc6c([Si](C)(C)C)cc(c2c1=O)c1c6c5c4c31. The molecule has 1 unspecified atom stereocenters. The van der Waals surface area contributed by atoms with Crippen LogP contribution in [0, 0.1) is 0 Å². The highest BCUT2D eigenvalue weighted by atomic mass is 28.3. The Morgan fingerprint density at radius 2 is 1.05 bits per heavy atom. The molecule has 0 aliphatic heterocycles. The van der Waals surface area contributed by atoms with Gasteiger partial charge in [0.25, 0.3) is 11.1 Å². The average Bonchev–Trinajstić information content (AvgIpc) is 3.36. The highest BCUT2D eigenvalue weighted by molar-refractivity contribution is 6.91. The van der Waals surface area contributed by atoms with E-state index in [2.05, 4.69) is 89.5 Å². The zero-order valence-corrected chi connectivity index (χ0v) is 26.4. The Labute approximate surface area is 230 Å². The van der Waals surface area contributed by atoms with E-state index in [1.54, 1.807) is 4.57 Å². The molecule has 0 spiro atoms. The summed E-state index contributed by atoms with van der Waals surface area (Å²) in [5.41, 5.74) is -0.174. The van der Waals surface area contributed by atoms with Gasteiger partial charge in [-0.25, -0.2) is 0 Å². The molecule has 0 aliphatic carbocycles. The molecule has 0 amide bonds. The van der Waals surface area contributed by atoms with Crippen LogP contribution < -0.4 is 21.5 Å². The molecule has 0 aliphatic rings. The molecular weight excluding hydrogens is 511 g/mol. The first kappa shape index (κ1) is 25.0. The molecule has 1 atom stereocenters. The number of rotatable bonds is 6. The Balaban J connectivity index is 1.89. The fourth-order valence-electron chi connectivity index (χ4n) is 7.63. The van der Waals surface area contributed by atoms with Crippen LogP contribution in [0.3, 0.4) is 0 Å². The summed E-state index contributed by atoms with van der Waals surface area (Å²) in [6, 6.07) is 13.8. The summed E-state index contributed by atoms with van der Waals surface area (Å²) < 4.78 is 1.62. The third-order valence-corrected chi connectivity index (χ3v) is 13.4. The first-order valence-electron chi connectivity index (χ1n) is 14.6. The molecule has 5 heteroatoms. The minimum atomic E-state index is -1.78. The molecule has 3 nitrogen and oxygen atoms in total. The predicted molar refractivity (Wildman–Crippen MR) is 177 cm³/mol. The van der Waals surface area contributed by atoms with Crippen LogP contribution in [0.5, 0.6) is 0 Å². The number of nitrogens with zero attached hydrogens (tertiary/aromatic N) is 1. The van der Waals surface area contributed by atoms with Crippen molar-refractivity contribution in [2.75, 3.05) is 0 Å². The molecule has 6 aromatic carbocycles. The second kappa shape index (κ2) is 7.79. The van der Waals surface area contributed by atoms with E-state index in [-0.39, 0.29) is 17.2 Å². The molecule has 0 bridgehead atoms. The first-order valence-corrected chi connectivity index (χ1v) is 21.6. The number of hydrogen-bond donors (Lipinski definition) is 0. The van der Waals surface area contributed by atoms with Crippen molar-refractivity contribution in [2.24, 2.45) is 0 Å². The number of fused-ring (bicyclic) bond motifs is 3. The van der Waals surface area contributed by atoms with Gasteiger partial charge in [0.1, 0.15) is 0 Å². The van der Waals surface area contributed by atoms with Crippen LogP contribution in [0.15, 0.2) is 46.0 Å². The zero-order valence-electron chi connectivity index (χ0n) is 24.4. The monoisotopic (exact) mass is 547 g/mol. The van der Waals surface area contributed by atoms with Crippen molar-refractivity contribution < 1.29 is 0 Å². The second-order valence-electron chi connectivity index (χ2n) is 13.8. The van der Waals surface area contributed by atoms with E-state index in [4.69, 9.17) is 0 Å². The van der Waals surface area contributed by atoms with E-state index < -0.39 is 16.1 Å². The topological polar surface area (TPSA) is 39.1 Å². The lowest BCUT2D eigenvalue weighted by Gasteiger charge is -2.21. The minimum absolute atomic E-state index is 0.0634. The van der Waals surface area contributed by atoms with E-state index in [1.807, 2.05) is 0 Å². The average molecular weight is 548 g/mol. The van der Waals surface area contributed by atoms with Crippen LogP contribution in [0.2, 0.25) is 39.3 Å². The van der Waals surface area contributed by atoms with Crippen molar-refractivity contribution in [3.63, 3.8) is 0 Å². The van der Waals surface area contributed by atoms with Crippen molar-refractivity contribution in [2.45, 2.75) is 78.4 Å². The number of benzene rings is 5. The molecule has 0 N–H and O–H groups in total. The molecule has 0 saturated carbocycles. The van der Waals surface area contributed by atoms with Crippen LogP contribution in [-0.4, -0.2) is 20.7 Å². The summed E-state index contributed by atoms with van der Waals surface area (Å²) in [5.74, 6) is 0. The highest BCUT2D eigenvalue weighted by Crippen LogP contribution is 2.49.